The summed E-state index contributed by atoms with van der Waals surface area (Å²) in [4.78, 5) is 18.6. The summed E-state index contributed by atoms with van der Waals surface area (Å²) in [5, 5.41) is 0.834. The van der Waals surface area contributed by atoms with Gasteiger partial charge in [-0.15, -0.1) is 0 Å². The average molecular weight is 612 g/mol. The van der Waals surface area contributed by atoms with Crippen LogP contribution in [0, 0.1) is 0 Å². The molecular weight excluding hydrogens is 579 g/mol. The van der Waals surface area contributed by atoms with Gasteiger partial charge in [-0.3, -0.25) is 9.78 Å². The predicted octanol–water partition coefficient (Wildman–Crippen LogP) is 6.79. The van der Waals surface area contributed by atoms with Crippen LogP contribution in [-0.4, -0.2) is 40.1 Å². The molecule has 0 fully saturated rings. The first-order chi connectivity index (χ1) is 20.3. The van der Waals surface area contributed by atoms with E-state index in [-0.39, 0.29) is 10.7 Å². The van der Waals surface area contributed by atoms with Gasteiger partial charge >= 0.3 is 0 Å². The third kappa shape index (κ3) is 6.31. The van der Waals surface area contributed by atoms with Gasteiger partial charge in [-0.2, -0.15) is 0 Å². The van der Waals surface area contributed by atoms with Crippen molar-refractivity contribution in [2.24, 2.45) is 0 Å². The largest absolute Gasteiger partial charge is 0.293 e. The smallest absolute Gasteiger partial charge is 0.175 e. The third-order valence-electron chi connectivity index (χ3n) is 8.09. The summed E-state index contributed by atoms with van der Waals surface area (Å²) in [5.41, 5.74) is 5.26. The zero-order valence-electron chi connectivity index (χ0n) is 24.5. The van der Waals surface area contributed by atoms with Crippen molar-refractivity contribution in [3.63, 3.8) is 0 Å². The minimum atomic E-state index is -3.42. The maximum atomic E-state index is 13.8. The van der Waals surface area contributed by atoms with Crippen LogP contribution >= 0.6 is 0 Å². The number of Topliss-reactive ketones (excluding diaryl/α,β-unsaturated/α-hetero) is 1. The van der Waals surface area contributed by atoms with Crippen molar-refractivity contribution in [2.75, 3.05) is 12.5 Å². The minimum Gasteiger partial charge on any atom is -0.293 e. The Kier molecular flexibility index (Phi) is 8.11. The molecule has 0 spiro atoms. The Morgan fingerprint density at radius 3 is 2.14 bits per heavy atom. The number of ketones is 1. The average Bonchev–Trinajstić information content (AvgIpc) is 2.98. The fourth-order valence-electron chi connectivity index (χ4n) is 5.19. The highest BCUT2D eigenvalue weighted by molar-refractivity contribution is 7.91. The molecule has 1 atom stereocenters. The molecule has 4 aromatic carbocycles. The number of pyridine rings is 1. The van der Waals surface area contributed by atoms with Gasteiger partial charge < -0.3 is 0 Å². The maximum Gasteiger partial charge on any atom is 0.175 e. The third-order valence-corrected chi connectivity index (χ3v) is 11.3. The lowest BCUT2D eigenvalue weighted by Gasteiger charge is -2.24. The number of carbonyl (C=O) groups is 1. The number of benzene rings is 4. The monoisotopic (exact) mass is 611 g/mol. The molecule has 0 bridgehead atoms. The van der Waals surface area contributed by atoms with Crippen LogP contribution in [0.4, 0.5) is 0 Å². The number of sulfone groups is 2. The van der Waals surface area contributed by atoms with E-state index in [2.05, 4.69) is 4.98 Å². The first kappa shape index (κ1) is 30.3. The lowest BCUT2D eigenvalue weighted by atomic mass is 9.85. The molecule has 0 aliphatic heterocycles. The zero-order valence-corrected chi connectivity index (χ0v) is 26.1. The second-order valence-corrected chi connectivity index (χ2v) is 16.0. The second kappa shape index (κ2) is 11.5. The van der Waals surface area contributed by atoms with Gasteiger partial charge in [-0.1, -0.05) is 72.8 Å². The Hall–Kier alpha value is -4.14. The molecule has 0 radical (unpaired) electrons. The van der Waals surface area contributed by atoms with Gasteiger partial charge in [0.2, 0.25) is 0 Å². The van der Waals surface area contributed by atoms with Crippen LogP contribution in [0.25, 0.3) is 22.0 Å². The number of fused-ring (bicyclic) bond motifs is 1. The molecule has 220 valence electrons. The summed E-state index contributed by atoms with van der Waals surface area (Å²) in [5.74, 6) is -0.626. The van der Waals surface area contributed by atoms with E-state index >= 15 is 0 Å². The summed E-state index contributed by atoms with van der Waals surface area (Å²) in [6, 6.07) is 30.9. The topological polar surface area (TPSA) is 98.2 Å². The number of hydrogen-bond acceptors (Lipinski definition) is 6. The Balaban J connectivity index is 1.60. The standard InChI is InChI=1S/C35H33NO5S2/c1-35(2,43(4,40)41)29-22-28-14-9-19-36-33(28)31(23-29)27-13-8-10-24(20-27)21-32(34(37)26-11-6-5-7-12-26)25-15-17-30(18-16-25)42(3,38)39/h5-20,22-23,32H,21H2,1-4H3. The van der Waals surface area contributed by atoms with Gasteiger partial charge in [0.15, 0.2) is 25.5 Å². The molecule has 43 heavy (non-hydrogen) atoms. The summed E-state index contributed by atoms with van der Waals surface area (Å²) in [6.45, 7) is 3.41. The normalized spacial score (nSPS) is 13.1. The number of rotatable bonds is 9. The van der Waals surface area contributed by atoms with Crippen molar-refractivity contribution in [3.8, 4) is 11.1 Å². The Morgan fingerprint density at radius 2 is 1.49 bits per heavy atom. The van der Waals surface area contributed by atoms with Gasteiger partial charge in [0.05, 0.1) is 21.1 Å². The van der Waals surface area contributed by atoms with Crippen molar-refractivity contribution in [1.82, 2.24) is 4.98 Å². The highest BCUT2D eigenvalue weighted by atomic mass is 32.2. The lowest BCUT2D eigenvalue weighted by molar-refractivity contribution is 0.0959. The molecule has 0 aliphatic rings. The second-order valence-electron chi connectivity index (χ2n) is 11.4. The molecule has 0 saturated carbocycles. The van der Waals surface area contributed by atoms with E-state index in [0.29, 0.717) is 17.5 Å². The molecule has 0 saturated heterocycles. The van der Waals surface area contributed by atoms with Crippen molar-refractivity contribution >= 4 is 36.4 Å². The molecule has 5 aromatic rings. The van der Waals surface area contributed by atoms with E-state index in [1.54, 1.807) is 56.4 Å². The van der Waals surface area contributed by atoms with Gasteiger partial charge in [0, 0.05) is 35.2 Å². The molecule has 0 N–H and O–H groups in total. The highest BCUT2D eigenvalue weighted by Gasteiger charge is 2.33. The van der Waals surface area contributed by atoms with Gasteiger partial charge in [0.1, 0.15) is 0 Å². The summed E-state index contributed by atoms with van der Waals surface area (Å²) >= 11 is 0. The molecule has 1 unspecified atom stereocenters. The molecule has 8 heteroatoms. The van der Waals surface area contributed by atoms with Crippen LogP contribution < -0.4 is 0 Å². The van der Waals surface area contributed by atoms with Crippen LogP contribution in [0.5, 0.6) is 0 Å². The molecular formula is C35H33NO5S2. The number of aromatic nitrogens is 1. The van der Waals surface area contributed by atoms with Crippen LogP contribution in [-0.2, 0) is 30.8 Å². The summed E-state index contributed by atoms with van der Waals surface area (Å²) in [6.07, 6.45) is 4.49. The zero-order chi connectivity index (χ0) is 31.0. The van der Waals surface area contributed by atoms with Gasteiger partial charge in [-0.25, -0.2) is 16.8 Å². The van der Waals surface area contributed by atoms with Crippen LogP contribution in [0.2, 0.25) is 0 Å². The summed E-state index contributed by atoms with van der Waals surface area (Å²) in [7, 11) is -6.80. The molecule has 1 heterocycles. The van der Waals surface area contributed by atoms with Crippen molar-refractivity contribution in [2.45, 2.75) is 35.8 Å². The first-order valence-corrected chi connectivity index (χ1v) is 17.6. The van der Waals surface area contributed by atoms with Gasteiger partial charge in [0.25, 0.3) is 0 Å². The number of nitrogens with zero attached hydrogens (tertiary/aromatic N) is 1. The quantitative estimate of drug-likeness (QED) is 0.170. The van der Waals surface area contributed by atoms with Crippen molar-refractivity contribution < 1.29 is 21.6 Å². The van der Waals surface area contributed by atoms with E-state index in [1.165, 1.54) is 6.26 Å². The van der Waals surface area contributed by atoms with Crippen LogP contribution in [0.3, 0.4) is 0 Å². The first-order valence-electron chi connectivity index (χ1n) is 13.8. The minimum absolute atomic E-state index is 0.0675. The fraction of sp³-hybridized carbons (Fsp3) is 0.200. The van der Waals surface area contributed by atoms with E-state index in [0.717, 1.165) is 39.4 Å². The Labute approximate surface area is 253 Å². The van der Waals surface area contributed by atoms with Crippen molar-refractivity contribution in [3.05, 3.63) is 132 Å². The fourth-order valence-corrected chi connectivity index (χ4v) is 6.36. The number of carbonyl (C=O) groups excluding carboxylic acids is 1. The Bertz CT molecular complexity index is 2030. The predicted molar refractivity (Wildman–Crippen MR) is 172 cm³/mol. The Morgan fingerprint density at radius 1 is 0.791 bits per heavy atom. The van der Waals surface area contributed by atoms with E-state index in [4.69, 9.17) is 0 Å². The van der Waals surface area contributed by atoms with E-state index in [1.807, 2.05) is 66.7 Å². The number of hydrogen-bond donors (Lipinski definition) is 0. The van der Waals surface area contributed by atoms with Crippen molar-refractivity contribution in [1.29, 1.82) is 0 Å². The SMILES string of the molecule is CC(C)(c1cc(-c2cccc(CC(C(=O)c3ccccc3)c3ccc(S(C)(=O)=O)cc3)c2)c2ncccc2c1)S(C)(=O)=O. The molecule has 1 aromatic heterocycles. The van der Waals surface area contributed by atoms with Crippen LogP contribution in [0.15, 0.2) is 114 Å². The molecule has 6 nitrogen and oxygen atoms in total. The van der Waals surface area contributed by atoms with Gasteiger partial charge in [-0.05, 0) is 72.9 Å². The summed E-state index contributed by atoms with van der Waals surface area (Å²) < 4.78 is 48.5. The van der Waals surface area contributed by atoms with E-state index in [9.17, 15) is 21.6 Å². The van der Waals surface area contributed by atoms with E-state index < -0.39 is 30.3 Å². The molecule has 0 aliphatic carbocycles. The van der Waals surface area contributed by atoms with Crippen LogP contribution in [0.1, 0.15) is 46.8 Å². The lowest BCUT2D eigenvalue weighted by Crippen LogP contribution is -2.28. The maximum absolute atomic E-state index is 13.8. The molecule has 5 rings (SSSR count). The highest BCUT2D eigenvalue weighted by Crippen LogP contribution is 2.37. The molecule has 0 amide bonds.